The molecule has 70 valence electrons. The lowest BCUT2D eigenvalue weighted by Gasteiger charge is -2.02. The van der Waals surface area contributed by atoms with Gasteiger partial charge in [0.05, 0.1) is 0 Å². The molecular formula is C9H9BrO3. The summed E-state index contributed by atoms with van der Waals surface area (Å²) in [7, 11) is 0. The van der Waals surface area contributed by atoms with E-state index in [2.05, 4.69) is 15.9 Å². The van der Waals surface area contributed by atoms with Gasteiger partial charge in [-0.3, -0.25) is 0 Å². The molecule has 0 aromatic heterocycles. The monoisotopic (exact) mass is 244 g/mol. The van der Waals surface area contributed by atoms with Crippen LogP contribution in [-0.2, 0) is 6.42 Å². The zero-order chi connectivity index (χ0) is 9.84. The number of alkyl halides is 1. The van der Waals surface area contributed by atoms with Crippen molar-refractivity contribution >= 4 is 21.9 Å². The van der Waals surface area contributed by atoms with Crippen LogP contribution < -0.4 is 0 Å². The molecule has 1 rings (SSSR count). The van der Waals surface area contributed by atoms with Crippen molar-refractivity contribution in [3.05, 3.63) is 29.3 Å². The first-order valence-electron chi connectivity index (χ1n) is 3.76. The second-order valence-electron chi connectivity index (χ2n) is 2.60. The standard InChI is InChI=1S/C9H9BrO3/c10-4-3-6-1-2-7(9(12)13)8(11)5-6/h1-2,5,11H,3-4H2,(H,12,13). The summed E-state index contributed by atoms with van der Waals surface area (Å²) in [6.07, 6.45) is 0.771. The van der Waals surface area contributed by atoms with Crippen molar-refractivity contribution < 1.29 is 15.0 Å². The van der Waals surface area contributed by atoms with E-state index >= 15 is 0 Å². The Morgan fingerprint density at radius 2 is 2.15 bits per heavy atom. The van der Waals surface area contributed by atoms with Gasteiger partial charge in [0.15, 0.2) is 0 Å². The summed E-state index contributed by atoms with van der Waals surface area (Å²) in [5, 5.41) is 18.7. The predicted octanol–water partition coefficient (Wildman–Crippen LogP) is 2.03. The maximum Gasteiger partial charge on any atom is 0.339 e. The summed E-state index contributed by atoms with van der Waals surface area (Å²) in [5.41, 5.74) is 0.859. The molecule has 3 nitrogen and oxygen atoms in total. The molecule has 0 bridgehead atoms. The lowest BCUT2D eigenvalue weighted by Crippen LogP contribution is -1.97. The van der Waals surface area contributed by atoms with E-state index in [4.69, 9.17) is 5.11 Å². The molecular weight excluding hydrogens is 236 g/mol. The number of carboxylic acids is 1. The summed E-state index contributed by atoms with van der Waals surface area (Å²) >= 11 is 3.26. The summed E-state index contributed by atoms with van der Waals surface area (Å²) in [4.78, 5) is 10.5. The van der Waals surface area contributed by atoms with E-state index in [-0.39, 0.29) is 11.3 Å². The van der Waals surface area contributed by atoms with Gasteiger partial charge < -0.3 is 10.2 Å². The lowest BCUT2D eigenvalue weighted by atomic mass is 10.1. The average Bonchev–Trinajstić information content (AvgIpc) is 2.04. The second kappa shape index (κ2) is 4.28. The number of halogens is 1. The van der Waals surface area contributed by atoms with Crippen LogP contribution in [0.2, 0.25) is 0 Å². The van der Waals surface area contributed by atoms with Gasteiger partial charge >= 0.3 is 5.97 Å². The van der Waals surface area contributed by atoms with Crippen molar-refractivity contribution in [2.24, 2.45) is 0 Å². The number of aromatic carboxylic acids is 1. The van der Waals surface area contributed by atoms with E-state index in [0.29, 0.717) is 0 Å². The molecule has 0 amide bonds. The average molecular weight is 245 g/mol. The highest BCUT2D eigenvalue weighted by Gasteiger charge is 2.08. The fourth-order valence-corrected chi connectivity index (χ4v) is 1.48. The van der Waals surface area contributed by atoms with Crippen LogP contribution in [0.3, 0.4) is 0 Å². The fourth-order valence-electron chi connectivity index (χ4n) is 1.02. The molecule has 2 N–H and O–H groups in total. The Morgan fingerprint density at radius 1 is 1.46 bits per heavy atom. The first-order valence-corrected chi connectivity index (χ1v) is 4.88. The third-order valence-corrected chi connectivity index (χ3v) is 2.07. The minimum Gasteiger partial charge on any atom is -0.507 e. The van der Waals surface area contributed by atoms with Crippen LogP contribution in [0.4, 0.5) is 0 Å². The molecule has 1 aromatic carbocycles. The minimum atomic E-state index is -1.11. The fraction of sp³-hybridized carbons (Fsp3) is 0.222. The van der Waals surface area contributed by atoms with Crippen LogP contribution in [0, 0.1) is 0 Å². The molecule has 0 aliphatic rings. The van der Waals surface area contributed by atoms with Gasteiger partial charge in [0.2, 0.25) is 0 Å². The molecule has 0 heterocycles. The lowest BCUT2D eigenvalue weighted by molar-refractivity contribution is 0.0694. The van der Waals surface area contributed by atoms with Crippen molar-refractivity contribution in [2.75, 3.05) is 5.33 Å². The highest BCUT2D eigenvalue weighted by atomic mass is 79.9. The van der Waals surface area contributed by atoms with E-state index in [9.17, 15) is 9.90 Å². The molecule has 0 saturated heterocycles. The summed E-state index contributed by atoms with van der Waals surface area (Å²) in [5.74, 6) is -1.28. The highest BCUT2D eigenvalue weighted by Crippen LogP contribution is 2.19. The minimum absolute atomic E-state index is 0.0571. The van der Waals surface area contributed by atoms with E-state index in [1.165, 1.54) is 12.1 Å². The smallest absolute Gasteiger partial charge is 0.339 e. The molecule has 0 radical (unpaired) electrons. The number of rotatable bonds is 3. The number of carbonyl (C=O) groups is 1. The Kier molecular flexibility index (Phi) is 3.31. The first kappa shape index (κ1) is 10.1. The second-order valence-corrected chi connectivity index (χ2v) is 3.39. The third kappa shape index (κ3) is 2.45. The predicted molar refractivity (Wildman–Crippen MR) is 52.6 cm³/mol. The van der Waals surface area contributed by atoms with Gasteiger partial charge in [0.25, 0.3) is 0 Å². The zero-order valence-corrected chi connectivity index (χ0v) is 8.41. The van der Waals surface area contributed by atoms with Gasteiger partial charge in [0, 0.05) is 5.33 Å². The van der Waals surface area contributed by atoms with Crippen molar-refractivity contribution in [1.82, 2.24) is 0 Å². The number of phenols is 1. The van der Waals surface area contributed by atoms with Gasteiger partial charge in [-0.1, -0.05) is 22.0 Å². The van der Waals surface area contributed by atoms with Crippen LogP contribution in [0.1, 0.15) is 15.9 Å². The topological polar surface area (TPSA) is 57.5 Å². The molecule has 13 heavy (non-hydrogen) atoms. The van der Waals surface area contributed by atoms with Gasteiger partial charge in [-0.15, -0.1) is 0 Å². The first-order chi connectivity index (χ1) is 6.15. The van der Waals surface area contributed by atoms with Crippen LogP contribution in [0.15, 0.2) is 18.2 Å². The molecule has 1 aromatic rings. The summed E-state index contributed by atoms with van der Waals surface area (Å²) < 4.78 is 0. The highest BCUT2D eigenvalue weighted by molar-refractivity contribution is 9.09. The Balaban J connectivity index is 2.98. The molecule has 0 fully saturated rings. The summed E-state index contributed by atoms with van der Waals surface area (Å²) in [6, 6.07) is 4.59. The Labute approximate surface area is 84.1 Å². The molecule has 0 atom stereocenters. The van der Waals surface area contributed by atoms with E-state index < -0.39 is 5.97 Å². The maximum atomic E-state index is 10.5. The number of benzene rings is 1. The van der Waals surface area contributed by atoms with Gasteiger partial charge in [-0.2, -0.15) is 0 Å². The Bertz CT molecular complexity index is 323. The molecule has 0 aliphatic carbocycles. The molecule has 0 aliphatic heterocycles. The van der Waals surface area contributed by atoms with Crippen molar-refractivity contribution in [3.8, 4) is 5.75 Å². The van der Waals surface area contributed by atoms with Crippen molar-refractivity contribution in [1.29, 1.82) is 0 Å². The molecule has 4 heteroatoms. The Hall–Kier alpha value is -1.03. The number of aromatic hydroxyl groups is 1. The molecule has 0 saturated carbocycles. The van der Waals surface area contributed by atoms with Gasteiger partial charge in [-0.05, 0) is 24.1 Å². The quantitative estimate of drug-likeness (QED) is 0.801. The SMILES string of the molecule is O=C(O)c1ccc(CCBr)cc1O. The normalized spacial score (nSPS) is 9.92. The largest absolute Gasteiger partial charge is 0.507 e. The van der Waals surface area contributed by atoms with Crippen molar-refractivity contribution in [2.45, 2.75) is 6.42 Å². The van der Waals surface area contributed by atoms with Crippen LogP contribution in [0.25, 0.3) is 0 Å². The number of hydrogen-bond donors (Lipinski definition) is 2. The van der Waals surface area contributed by atoms with Crippen LogP contribution >= 0.6 is 15.9 Å². The third-order valence-electron chi connectivity index (χ3n) is 1.68. The van der Waals surface area contributed by atoms with Gasteiger partial charge in [0.1, 0.15) is 11.3 Å². The van der Waals surface area contributed by atoms with E-state index in [1.54, 1.807) is 6.07 Å². The molecule has 0 spiro atoms. The van der Waals surface area contributed by atoms with Crippen molar-refractivity contribution in [3.63, 3.8) is 0 Å². The Morgan fingerprint density at radius 3 is 2.62 bits per heavy atom. The van der Waals surface area contributed by atoms with Gasteiger partial charge in [-0.25, -0.2) is 4.79 Å². The molecule has 0 unspecified atom stereocenters. The van der Waals surface area contributed by atoms with Crippen LogP contribution in [-0.4, -0.2) is 21.5 Å². The van der Waals surface area contributed by atoms with E-state index in [1.807, 2.05) is 0 Å². The zero-order valence-electron chi connectivity index (χ0n) is 6.83. The summed E-state index contributed by atoms with van der Waals surface area (Å²) in [6.45, 7) is 0. The number of carboxylic acid groups (broad SMARTS) is 1. The maximum absolute atomic E-state index is 10.5. The number of aryl methyl sites for hydroxylation is 1. The van der Waals surface area contributed by atoms with E-state index in [0.717, 1.165) is 17.3 Å². The van der Waals surface area contributed by atoms with Crippen LogP contribution in [0.5, 0.6) is 5.75 Å². The number of hydrogen-bond acceptors (Lipinski definition) is 2.